The van der Waals surface area contributed by atoms with Gasteiger partial charge in [0.2, 0.25) is 0 Å². The minimum atomic E-state index is 0.411. The third-order valence-electron chi connectivity index (χ3n) is 6.44. The van der Waals surface area contributed by atoms with E-state index in [9.17, 15) is 0 Å². The monoisotopic (exact) mass is 392 g/mol. The summed E-state index contributed by atoms with van der Waals surface area (Å²) < 4.78 is 0. The van der Waals surface area contributed by atoms with Crippen molar-refractivity contribution in [1.82, 2.24) is 14.9 Å². The van der Waals surface area contributed by atoms with E-state index in [2.05, 4.69) is 58.1 Å². The number of likely N-dealkylation sites (tertiary alicyclic amines) is 1. The molecule has 1 atom stereocenters. The zero-order valence-electron chi connectivity index (χ0n) is 16.6. The van der Waals surface area contributed by atoms with Crippen LogP contribution in [0.3, 0.4) is 0 Å². The Morgan fingerprint density at radius 3 is 2.82 bits per heavy atom. The van der Waals surface area contributed by atoms with Gasteiger partial charge in [0.15, 0.2) is 0 Å². The van der Waals surface area contributed by atoms with Gasteiger partial charge in [-0.15, -0.1) is 11.3 Å². The number of rotatable bonds is 4. The van der Waals surface area contributed by atoms with Crippen molar-refractivity contribution in [2.75, 3.05) is 31.1 Å². The van der Waals surface area contributed by atoms with Gasteiger partial charge in [0.25, 0.3) is 0 Å². The average Bonchev–Trinajstić information content (AvgIpc) is 3.32. The summed E-state index contributed by atoms with van der Waals surface area (Å²) in [6, 6.07) is 13.2. The van der Waals surface area contributed by atoms with Gasteiger partial charge in [-0.05, 0) is 43.9 Å². The SMILES string of the molecule is CCc1cc2c(N3CCC[C@]4(CCN(Cc5ccccc5)C4)C3)ncnc2s1. The van der Waals surface area contributed by atoms with E-state index in [0.29, 0.717) is 5.41 Å². The average molecular weight is 393 g/mol. The third-order valence-corrected chi connectivity index (χ3v) is 7.62. The van der Waals surface area contributed by atoms with E-state index in [1.165, 1.54) is 48.2 Å². The molecule has 0 amide bonds. The lowest BCUT2D eigenvalue weighted by atomic mass is 9.79. The van der Waals surface area contributed by atoms with Gasteiger partial charge in [-0.25, -0.2) is 9.97 Å². The molecule has 2 aromatic heterocycles. The minimum absolute atomic E-state index is 0.411. The van der Waals surface area contributed by atoms with Crippen LogP contribution in [0.15, 0.2) is 42.7 Å². The lowest BCUT2D eigenvalue weighted by Gasteiger charge is -2.41. The van der Waals surface area contributed by atoms with E-state index in [1.807, 2.05) is 11.3 Å². The van der Waals surface area contributed by atoms with Gasteiger partial charge in [-0.3, -0.25) is 4.90 Å². The third kappa shape index (κ3) is 3.42. The van der Waals surface area contributed by atoms with Crippen LogP contribution in [0.25, 0.3) is 10.2 Å². The smallest absolute Gasteiger partial charge is 0.140 e. The van der Waals surface area contributed by atoms with Crippen LogP contribution in [-0.4, -0.2) is 41.0 Å². The van der Waals surface area contributed by atoms with Gasteiger partial charge in [-0.2, -0.15) is 0 Å². The predicted octanol–water partition coefficient (Wildman–Crippen LogP) is 4.75. The summed E-state index contributed by atoms with van der Waals surface area (Å²) in [4.78, 5) is 17.0. The van der Waals surface area contributed by atoms with Crippen LogP contribution in [0.5, 0.6) is 0 Å². The Bertz CT molecular complexity index is 954. The Kier molecular flexibility index (Phi) is 4.81. The molecule has 1 aromatic carbocycles. The molecular formula is C23H28N4S. The van der Waals surface area contributed by atoms with Crippen molar-refractivity contribution in [3.63, 3.8) is 0 Å². The Morgan fingerprint density at radius 2 is 1.96 bits per heavy atom. The molecule has 0 saturated carbocycles. The molecule has 0 bridgehead atoms. The van der Waals surface area contributed by atoms with E-state index in [4.69, 9.17) is 4.98 Å². The van der Waals surface area contributed by atoms with Crippen molar-refractivity contribution in [1.29, 1.82) is 0 Å². The molecule has 5 rings (SSSR count). The number of thiophene rings is 1. The molecule has 0 N–H and O–H groups in total. The molecule has 3 aromatic rings. The molecule has 0 unspecified atom stereocenters. The second-order valence-electron chi connectivity index (χ2n) is 8.45. The van der Waals surface area contributed by atoms with Crippen molar-refractivity contribution in [2.24, 2.45) is 5.41 Å². The Labute approximate surface area is 171 Å². The second kappa shape index (κ2) is 7.45. The van der Waals surface area contributed by atoms with Crippen molar-refractivity contribution in [2.45, 2.75) is 39.2 Å². The van der Waals surface area contributed by atoms with E-state index in [0.717, 1.165) is 36.7 Å². The summed E-state index contributed by atoms with van der Waals surface area (Å²) in [5.41, 5.74) is 1.84. The zero-order chi connectivity index (χ0) is 19.0. The Morgan fingerprint density at radius 1 is 1.07 bits per heavy atom. The molecule has 4 heterocycles. The molecule has 5 heteroatoms. The van der Waals surface area contributed by atoms with Crippen molar-refractivity contribution >= 4 is 27.4 Å². The number of aryl methyl sites for hydroxylation is 1. The maximum Gasteiger partial charge on any atom is 0.140 e. The number of aromatic nitrogens is 2. The normalized spacial score (nSPS) is 23.1. The van der Waals surface area contributed by atoms with Crippen LogP contribution >= 0.6 is 11.3 Å². The molecule has 2 aliphatic heterocycles. The fourth-order valence-electron chi connectivity index (χ4n) is 5.05. The number of benzene rings is 1. The molecule has 2 fully saturated rings. The van der Waals surface area contributed by atoms with Crippen molar-refractivity contribution in [3.8, 4) is 0 Å². The highest BCUT2D eigenvalue weighted by atomic mass is 32.1. The number of fused-ring (bicyclic) bond motifs is 1. The molecular weight excluding hydrogens is 364 g/mol. The topological polar surface area (TPSA) is 32.3 Å². The molecule has 4 nitrogen and oxygen atoms in total. The first kappa shape index (κ1) is 18.1. The number of anilines is 1. The lowest BCUT2D eigenvalue weighted by Crippen LogP contribution is -2.45. The molecule has 28 heavy (non-hydrogen) atoms. The maximum atomic E-state index is 4.73. The molecule has 0 radical (unpaired) electrons. The first-order valence-electron chi connectivity index (χ1n) is 10.5. The van der Waals surface area contributed by atoms with E-state index in [1.54, 1.807) is 6.33 Å². The van der Waals surface area contributed by atoms with E-state index < -0.39 is 0 Å². The quantitative estimate of drug-likeness (QED) is 0.642. The number of hydrogen-bond acceptors (Lipinski definition) is 5. The molecule has 2 aliphatic rings. The van der Waals surface area contributed by atoms with Gasteiger partial charge in [0.1, 0.15) is 17.0 Å². The van der Waals surface area contributed by atoms with Crippen molar-refractivity contribution < 1.29 is 0 Å². The summed E-state index contributed by atoms with van der Waals surface area (Å²) in [6.45, 7) is 7.95. The number of nitrogens with zero attached hydrogens (tertiary/aromatic N) is 4. The Hall–Kier alpha value is -1.98. The van der Waals surface area contributed by atoms with E-state index in [-0.39, 0.29) is 0 Å². The van der Waals surface area contributed by atoms with Crippen LogP contribution in [0.1, 0.15) is 36.6 Å². The summed E-state index contributed by atoms with van der Waals surface area (Å²) in [7, 11) is 0. The van der Waals surface area contributed by atoms with Gasteiger partial charge < -0.3 is 4.90 Å². The Balaban J connectivity index is 1.35. The van der Waals surface area contributed by atoms with Gasteiger partial charge in [-0.1, -0.05) is 37.3 Å². The highest BCUT2D eigenvalue weighted by molar-refractivity contribution is 7.18. The largest absolute Gasteiger partial charge is 0.355 e. The minimum Gasteiger partial charge on any atom is -0.355 e. The zero-order valence-corrected chi connectivity index (χ0v) is 17.4. The van der Waals surface area contributed by atoms with Crippen molar-refractivity contribution in [3.05, 3.63) is 53.2 Å². The summed E-state index contributed by atoms with van der Waals surface area (Å²) >= 11 is 1.81. The van der Waals surface area contributed by atoms with Gasteiger partial charge in [0.05, 0.1) is 5.39 Å². The molecule has 0 aliphatic carbocycles. The number of hydrogen-bond donors (Lipinski definition) is 0. The fraction of sp³-hybridized carbons (Fsp3) is 0.478. The second-order valence-corrected chi connectivity index (χ2v) is 9.57. The van der Waals surface area contributed by atoms with Crippen LogP contribution in [0.2, 0.25) is 0 Å². The standard InChI is InChI=1S/C23H28N4S/c1-2-19-13-20-21(24-17-25-22(20)28-19)27-11-6-9-23(16-27)10-12-26(15-23)14-18-7-4-3-5-8-18/h3-5,7-8,13,17H,2,6,9-12,14-16H2,1H3/t23-/m1/s1. The summed E-state index contributed by atoms with van der Waals surface area (Å²) in [5, 5.41) is 1.25. The maximum absolute atomic E-state index is 4.73. The molecule has 1 spiro atoms. The highest BCUT2D eigenvalue weighted by Gasteiger charge is 2.41. The lowest BCUT2D eigenvalue weighted by molar-refractivity contribution is 0.216. The van der Waals surface area contributed by atoms with Gasteiger partial charge >= 0.3 is 0 Å². The first-order chi connectivity index (χ1) is 13.7. The molecule has 146 valence electrons. The van der Waals surface area contributed by atoms with Crippen LogP contribution in [0, 0.1) is 5.41 Å². The first-order valence-corrected chi connectivity index (χ1v) is 11.3. The predicted molar refractivity (Wildman–Crippen MR) is 117 cm³/mol. The van der Waals surface area contributed by atoms with Crippen LogP contribution in [-0.2, 0) is 13.0 Å². The summed E-state index contributed by atoms with van der Waals surface area (Å²) in [6.07, 6.45) is 6.72. The van der Waals surface area contributed by atoms with E-state index >= 15 is 0 Å². The number of piperidine rings is 1. The van der Waals surface area contributed by atoms with Crippen LogP contribution in [0.4, 0.5) is 5.82 Å². The fourth-order valence-corrected chi connectivity index (χ4v) is 5.97. The molecule has 2 saturated heterocycles. The van der Waals surface area contributed by atoms with Crippen LogP contribution < -0.4 is 4.90 Å². The highest BCUT2D eigenvalue weighted by Crippen LogP contribution is 2.42. The summed E-state index contributed by atoms with van der Waals surface area (Å²) in [5.74, 6) is 1.15. The van der Waals surface area contributed by atoms with Gasteiger partial charge in [0, 0.05) is 36.5 Å².